The Morgan fingerprint density at radius 1 is 1.12 bits per heavy atom. The summed E-state index contributed by atoms with van der Waals surface area (Å²) in [7, 11) is 1.54. The number of likely N-dealkylation sites (N-methyl/N-ethyl adjacent to an activating group) is 1. The molecule has 0 saturated carbocycles. The van der Waals surface area contributed by atoms with Crippen LogP contribution >= 0.6 is 0 Å². The molecule has 3 aromatic rings. The molecule has 0 aliphatic heterocycles. The first-order valence-corrected chi connectivity index (χ1v) is 8.33. The summed E-state index contributed by atoms with van der Waals surface area (Å²) in [5.74, 6) is 0.158. The van der Waals surface area contributed by atoms with Gasteiger partial charge in [-0.05, 0) is 31.2 Å². The van der Waals surface area contributed by atoms with Crippen LogP contribution in [0.4, 0.5) is 5.69 Å². The van der Waals surface area contributed by atoms with Gasteiger partial charge in [-0.3, -0.25) is 9.59 Å². The van der Waals surface area contributed by atoms with Crippen LogP contribution in [0.2, 0.25) is 0 Å². The zero-order valence-corrected chi connectivity index (χ0v) is 14.7. The van der Waals surface area contributed by atoms with E-state index in [1.54, 1.807) is 30.3 Å². The minimum atomic E-state index is -0.320. The summed E-state index contributed by atoms with van der Waals surface area (Å²) in [5, 5.41) is 3.62. The van der Waals surface area contributed by atoms with Crippen LogP contribution in [0.15, 0.2) is 59.0 Å². The first-order valence-electron chi connectivity index (χ1n) is 8.33. The second-order valence-electron chi connectivity index (χ2n) is 5.72. The van der Waals surface area contributed by atoms with Crippen LogP contribution in [-0.2, 0) is 4.79 Å². The van der Waals surface area contributed by atoms with E-state index in [1.165, 1.54) is 12.0 Å². The minimum Gasteiger partial charge on any atom is -0.495 e. The summed E-state index contributed by atoms with van der Waals surface area (Å²) in [6, 6.07) is 16.2. The smallest absolute Gasteiger partial charge is 0.290 e. The van der Waals surface area contributed by atoms with Gasteiger partial charge >= 0.3 is 0 Å². The third kappa shape index (κ3) is 3.69. The first kappa shape index (κ1) is 17.5. The van der Waals surface area contributed by atoms with E-state index >= 15 is 0 Å². The average molecular weight is 352 g/mol. The van der Waals surface area contributed by atoms with Gasteiger partial charge in [-0.2, -0.15) is 0 Å². The number of carbonyl (C=O) groups is 2. The highest BCUT2D eigenvalue weighted by Crippen LogP contribution is 2.23. The van der Waals surface area contributed by atoms with Crippen molar-refractivity contribution in [3.05, 3.63) is 60.4 Å². The largest absolute Gasteiger partial charge is 0.495 e. The molecule has 134 valence electrons. The molecule has 6 heteroatoms. The summed E-state index contributed by atoms with van der Waals surface area (Å²) < 4.78 is 10.8. The van der Waals surface area contributed by atoms with Crippen molar-refractivity contribution in [2.24, 2.45) is 0 Å². The lowest BCUT2D eigenvalue weighted by molar-refractivity contribution is -0.116. The lowest BCUT2D eigenvalue weighted by Crippen LogP contribution is -2.37. The maximum atomic E-state index is 12.7. The average Bonchev–Trinajstić information content (AvgIpc) is 3.10. The number of carbonyl (C=O) groups excluding carboxylic acids is 2. The van der Waals surface area contributed by atoms with E-state index in [0.717, 1.165) is 5.39 Å². The van der Waals surface area contributed by atoms with Crippen molar-refractivity contribution in [3.8, 4) is 5.75 Å². The van der Waals surface area contributed by atoms with Gasteiger partial charge in [-0.15, -0.1) is 0 Å². The molecule has 0 bridgehead atoms. The van der Waals surface area contributed by atoms with Crippen molar-refractivity contribution >= 4 is 28.5 Å². The maximum absolute atomic E-state index is 12.7. The number of anilines is 1. The van der Waals surface area contributed by atoms with Crippen LogP contribution in [0.1, 0.15) is 17.5 Å². The second-order valence-corrected chi connectivity index (χ2v) is 5.72. The molecule has 1 heterocycles. The van der Waals surface area contributed by atoms with E-state index in [-0.39, 0.29) is 24.1 Å². The van der Waals surface area contributed by atoms with Crippen LogP contribution in [0, 0.1) is 0 Å². The molecular formula is C20H20N2O4. The fourth-order valence-electron chi connectivity index (χ4n) is 2.68. The van der Waals surface area contributed by atoms with Crippen LogP contribution in [0.25, 0.3) is 11.0 Å². The van der Waals surface area contributed by atoms with Gasteiger partial charge in [0.25, 0.3) is 5.91 Å². The molecule has 0 spiro atoms. The van der Waals surface area contributed by atoms with Gasteiger partial charge in [0.15, 0.2) is 5.76 Å². The van der Waals surface area contributed by atoms with Crippen molar-refractivity contribution in [3.63, 3.8) is 0 Å². The molecule has 2 aromatic carbocycles. The van der Waals surface area contributed by atoms with E-state index in [4.69, 9.17) is 9.15 Å². The molecule has 6 nitrogen and oxygen atoms in total. The van der Waals surface area contributed by atoms with E-state index in [1.807, 2.05) is 31.2 Å². The van der Waals surface area contributed by atoms with Crippen LogP contribution < -0.4 is 10.1 Å². The molecular weight excluding hydrogens is 332 g/mol. The molecule has 3 rings (SSSR count). The molecule has 0 aliphatic carbocycles. The Morgan fingerprint density at radius 3 is 2.58 bits per heavy atom. The highest BCUT2D eigenvalue weighted by atomic mass is 16.5. The number of rotatable bonds is 6. The number of nitrogens with one attached hydrogen (secondary N) is 1. The number of nitrogens with zero attached hydrogens (tertiary/aromatic N) is 1. The van der Waals surface area contributed by atoms with Crippen molar-refractivity contribution in [1.29, 1.82) is 0 Å². The number of methoxy groups -OCH3 is 1. The summed E-state index contributed by atoms with van der Waals surface area (Å²) in [4.78, 5) is 26.5. The Hall–Kier alpha value is -3.28. The van der Waals surface area contributed by atoms with Crippen molar-refractivity contribution in [1.82, 2.24) is 4.90 Å². The molecule has 1 N–H and O–H groups in total. The Bertz CT molecular complexity index is 899. The van der Waals surface area contributed by atoms with Gasteiger partial charge < -0.3 is 19.4 Å². The van der Waals surface area contributed by atoms with Gasteiger partial charge in [-0.1, -0.05) is 30.3 Å². The molecule has 0 atom stereocenters. The van der Waals surface area contributed by atoms with E-state index in [0.29, 0.717) is 23.6 Å². The predicted octanol–water partition coefficient (Wildman–Crippen LogP) is 3.54. The number of hydrogen-bond donors (Lipinski definition) is 1. The maximum Gasteiger partial charge on any atom is 0.290 e. The Balaban J connectivity index is 1.72. The van der Waals surface area contributed by atoms with E-state index in [9.17, 15) is 9.59 Å². The van der Waals surface area contributed by atoms with Crippen molar-refractivity contribution < 1.29 is 18.7 Å². The molecule has 0 saturated heterocycles. The third-order valence-corrected chi connectivity index (χ3v) is 4.02. The highest BCUT2D eigenvalue weighted by molar-refractivity contribution is 6.00. The van der Waals surface area contributed by atoms with E-state index in [2.05, 4.69) is 5.32 Å². The minimum absolute atomic E-state index is 0.0789. The highest BCUT2D eigenvalue weighted by Gasteiger charge is 2.21. The molecule has 2 amide bonds. The summed E-state index contributed by atoms with van der Waals surface area (Å²) in [6.07, 6.45) is 0. The number of para-hydroxylation sites is 3. The zero-order chi connectivity index (χ0) is 18.5. The second kappa shape index (κ2) is 7.74. The standard InChI is InChI=1S/C20H20N2O4/c1-3-22(13-19(23)21-15-9-5-7-11-17(15)25-2)20(24)18-12-14-8-4-6-10-16(14)26-18/h4-12H,3,13H2,1-2H3,(H,21,23). The summed E-state index contributed by atoms with van der Waals surface area (Å²) >= 11 is 0. The van der Waals surface area contributed by atoms with Crippen molar-refractivity contribution in [2.45, 2.75) is 6.92 Å². The fourth-order valence-corrected chi connectivity index (χ4v) is 2.68. The molecule has 0 unspecified atom stereocenters. The van der Waals surface area contributed by atoms with Gasteiger partial charge in [-0.25, -0.2) is 0 Å². The van der Waals surface area contributed by atoms with Gasteiger partial charge in [0.1, 0.15) is 17.9 Å². The van der Waals surface area contributed by atoms with E-state index < -0.39 is 0 Å². The first-order chi connectivity index (χ1) is 12.6. The van der Waals surface area contributed by atoms with Crippen LogP contribution in [0.3, 0.4) is 0 Å². The molecule has 0 fully saturated rings. The SMILES string of the molecule is CCN(CC(=O)Nc1ccccc1OC)C(=O)c1cc2ccccc2o1. The Morgan fingerprint density at radius 2 is 1.85 bits per heavy atom. The molecule has 0 aliphatic rings. The number of fused-ring (bicyclic) bond motifs is 1. The van der Waals surface area contributed by atoms with Gasteiger partial charge in [0.05, 0.1) is 12.8 Å². The number of amides is 2. The summed E-state index contributed by atoms with van der Waals surface area (Å²) in [5.41, 5.74) is 1.21. The van der Waals surface area contributed by atoms with Gasteiger partial charge in [0, 0.05) is 11.9 Å². The normalized spacial score (nSPS) is 10.5. The fraction of sp³-hybridized carbons (Fsp3) is 0.200. The lowest BCUT2D eigenvalue weighted by atomic mass is 10.2. The zero-order valence-electron chi connectivity index (χ0n) is 14.7. The summed E-state index contributed by atoms with van der Waals surface area (Å²) in [6.45, 7) is 2.12. The lowest BCUT2D eigenvalue weighted by Gasteiger charge is -2.19. The molecule has 26 heavy (non-hydrogen) atoms. The third-order valence-electron chi connectivity index (χ3n) is 4.02. The topological polar surface area (TPSA) is 71.8 Å². The van der Waals surface area contributed by atoms with Gasteiger partial charge in [0.2, 0.25) is 5.91 Å². The Kier molecular flexibility index (Phi) is 5.22. The monoisotopic (exact) mass is 352 g/mol. The van der Waals surface area contributed by atoms with Crippen LogP contribution in [0.5, 0.6) is 5.75 Å². The van der Waals surface area contributed by atoms with Crippen LogP contribution in [-0.4, -0.2) is 36.9 Å². The number of ether oxygens (including phenoxy) is 1. The number of benzene rings is 2. The molecule has 0 radical (unpaired) electrons. The quantitative estimate of drug-likeness (QED) is 0.736. The number of furan rings is 1. The predicted molar refractivity (Wildman–Crippen MR) is 99.4 cm³/mol. The Labute approximate surface area is 151 Å². The van der Waals surface area contributed by atoms with Crippen molar-refractivity contribution in [2.75, 3.05) is 25.5 Å². The number of hydrogen-bond acceptors (Lipinski definition) is 4. The molecule has 1 aromatic heterocycles.